The van der Waals surface area contributed by atoms with Gasteiger partial charge in [0.15, 0.2) is 0 Å². The molecule has 2 aromatic carbocycles. The third-order valence-electron chi connectivity index (χ3n) is 5.54. The molecule has 2 saturated heterocycles. The molecule has 0 aromatic heterocycles. The van der Waals surface area contributed by atoms with E-state index in [4.69, 9.17) is 9.47 Å². The van der Waals surface area contributed by atoms with E-state index in [1.165, 1.54) is 37.1 Å². The average Bonchev–Trinajstić information content (AvgIpc) is 3.29. The summed E-state index contributed by atoms with van der Waals surface area (Å²) in [7, 11) is 0. The number of fused-ring (bicyclic) bond motifs is 4. The topological polar surface area (TPSA) is 21.7 Å². The number of nitrogens with zero attached hydrogens (tertiary/aromatic N) is 1. The van der Waals surface area contributed by atoms with Gasteiger partial charge in [-0.2, -0.15) is 0 Å². The van der Waals surface area contributed by atoms with E-state index in [2.05, 4.69) is 65.6 Å². The Morgan fingerprint density at radius 2 is 1.48 bits per heavy atom. The van der Waals surface area contributed by atoms with Crippen LogP contribution in [0.1, 0.15) is 35.1 Å². The van der Waals surface area contributed by atoms with Gasteiger partial charge in [-0.3, -0.25) is 0 Å². The van der Waals surface area contributed by atoms with Gasteiger partial charge in [0.05, 0.1) is 12.7 Å². The normalized spacial score (nSPS) is 24.2. The molecule has 0 amide bonds. The van der Waals surface area contributed by atoms with Crippen molar-refractivity contribution in [2.45, 2.75) is 24.7 Å². The van der Waals surface area contributed by atoms with Crippen molar-refractivity contribution in [3.8, 4) is 0 Å². The summed E-state index contributed by atoms with van der Waals surface area (Å²) in [5.41, 5.74) is 4.56. The van der Waals surface area contributed by atoms with Gasteiger partial charge in [-0.15, -0.1) is 0 Å². The highest BCUT2D eigenvalue weighted by Gasteiger charge is 2.47. The third kappa shape index (κ3) is 2.54. The van der Waals surface area contributed by atoms with Gasteiger partial charge in [0.2, 0.25) is 5.79 Å². The van der Waals surface area contributed by atoms with Gasteiger partial charge in [-0.1, -0.05) is 60.7 Å². The summed E-state index contributed by atoms with van der Waals surface area (Å²) < 4.78 is 13.1. The van der Waals surface area contributed by atoms with Crippen molar-refractivity contribution in [1.29, 1.82) is 0 Å². The standard InChI is InChI=1S/C22H23NO2/c1-3-9-20-17(7-1)11-12-18-8-2-4-10-21(18)22(20)24-16-19(25-22)15-23-13-5-6-14-23/h1-4,7-12,19H,5-6,13-16H2. The highest BCUT2D eigenvalue weighted by atomic mass is 16.7. The van der Waals surface area contributed by atoms with Crippen molar-refractivity contribution in [3.05, 3.63) is 70.8 Å². The highest BCUT2D eigenvalue weighted by molar-refractivity contribution is 5.76. The summed E-state index contributed by atoms with van der Waals surface area (Å²) >= 11 is 0. The van der Waals surface area contributed by atoms with Crippen LogP contribution in [0.15, 0.2) is 48.5 Å². The van der Waals surface area contributed by atoms with E-state index in [0.29, 0.717) is 6.61 Å². The molecular weight excluding hydrogens is 310 g/mol. The van der Waals surface area contributed by atoms with E-state index >= 15 is 0 Å². The van der Waals surface area contributed by atoms with Gasteiger partial charge in [0.1, 0.15) is 0 Å². The molecule has 0 saturated carbocycles. The van der Waals surface area contributed by atoms with Gasteiger partial charge in [-0.05, 0) is 37.1 Å². The summed E-state index contributed by atoms with van der Waals surface area (Å²) in [6.45, 7) is 3.96. The monoisotopic (exact) mass is 333 g/mol. The fourth-order valence-corrected chi connectivity index (χ4v) is 4.35. The van der Waals surface area contributed by atoms with Gasteiger partial charge >= 0.3 is 0 Å². The van der Waals surface area contributed by atoms with Gasteiger partial charge in [0, 0.05) is 17.7 Å². The van der Waals surface area contributed by atoms with Crippen LogP contribution in [-0.4, -0.2) is 37.2 Å². The second-order valence-corrected chi connectivity index (χ2v) is 7.18. The number of rotatable bonds is 2. The van der Waals surface area contributed by atoms with Gasteiger partial charge in [0.25, 0.3) is 0 Å². The summed E-state index contributed by atoms with van der Waals surface area (Å²) in [4.78, 5) is 2.50. The lowest BCUT2D eigenvalue weighted by Crippen LogP contribution is -2.35. The molecule has 2 fully saturated rings. The molecule has 0 bridgehead atoms. The molecule has 5 rings (SSSR count). The van der Waals surface area contributed by atoms with Gasteiger partial charge in [-0.25, -0.2) is 0 Å². The number of hydrogen-bond donors (Lipinski definition) is 0. The zero-order chi connectivity index (χ0) is 16.7. The lowest BCUT2D eigenvalue weighted by atomic mass is 9.93. The summed E-state index contributed by atoms with van der Waals surface area (Å²) in [5.74, 6) is -0.791. The average molecular weight is 333 g/mol. The number of ether oxygens (including phenoxy) is 2. The van der Waals surface area contributed by atoms with E-state index < -0.39 is 5.79 Å². The van der Waals surface area contributed by atoms with Crippen molar-refractivity contribution in [2.75, 3.05) is 26.2 Å². The zero-order valence-corrected chi connectivity index (χ0v) is 14.4. The number of hydrogen-bond acceptors (Lipinski definition) is 3. The second kappa shape index (κ2) is 6.10. The molecule has 2 aliphatic heterocycles. The van der Waals surface area contributed by atoms with Crippen LogP contribution in [0, 0.1) is 0 Å². The third-order valence-corrected chi connectivity index (χ3v) is 5.54. The largest absolute Gasteiger partial charge is 0.339 e. The fraction of sp³-hybridized carbons (Fsp3) is 0.364. The molecule has 1 aliphatic carbocycles. The van der Waals surface area contributed by atoms with Crippen molar-refractivity contribution < 1.29 is 9.47 Å². The van der Waals surface area contributed by atoms with E-state index in [9.17, 15) is 0 Å². The first-order valence-corrected chi connectivity index (χ1v) is 9.26. The molecule has 25 heavy (non-hydrogen) atoms. The molecule has 2 aromatic rings. The Morgan fingerprint density at radius 1 is 0.880 bits per heavy atom. The molecule has 128 valence electrons. The molecule has 0 radical (unpaired) electrons. The smallest absolute Gasteiger partial charge is 0.224 e. The van der Waals surface area contributed by atoms with Crippen LogP contribution >= 0.6 is 0 Å². The highest BCUT2D eigenvalue weighted by Crippen LogP contribution is 2.45. The SMILES string of the molecule is C1=Cc2ccccc2C2(OCC(CN3CCCC3)O2)c2ccccc21. The number of benzene rings is 2. The Bertz CT molecular complexity index is 758. The molecule has 1 unspecified atom stereocenters. The maximum atomic E-state index is 6.68. The van der Waals surface area contributed by atoms with Crippen molar-refractivity contribution in [2.24, 2.45) is 0 Å². The van der Waals surface area contributed by atoms with Crippen molar-refractivity contribution in [1.82, 2.24) is 4.90 Å². The molecule has 3 nitrogen and oxygen atoms in total. The van der Waals surface area contributed by atoms with Crippen LogP contribution in [0.25, 0.3) is 12.2 Å². The first-order valence-electron chi connectivity index (χ1n) is 9.26. The summed E-state index contributed by atoms with van der Waals surface area (Å²) in [6.07, 6.45) is 7.05. The van der Waals surface area contributed by atoms with Crippen LogP contribution in [0.2, 0.25) is 0 Å². The number of likely N-dealkylation sites (tertiary alicyclic amines) is 1. The van der Waals surface area contributed by atoms with E-state index in [-0.39, 0.29) is 6.10 Å². The molecule has 2 heterocycles. The van der Waals surface area contributed by atoms with Crippen LogP contribution in [-0.2, 0) is 15.3 Å². The van der Waals surface area contributed by atoms with E-state index in [0.717, 1.165) is 17.7 Å². The lowest BCUT2D eigenvalue weighted by Gasteiger charge is -2.31. The quantitative estimate of drug-likeness (QED) is 0.832. The van der Waals surface area contributed by atoms with Crippen LogP contribution in [0.5, 0.6) is 0 Å². The Hall–Kier alpha value is -1.94. The van der Waals surface area contributed by atoms with Crippen LogP contribution in [0.3, 0.4) is 0 Å². The zero-order valence-electron chi connectivity index (χ0n) is 14.4. The molecule has 3 aliphatic rings. The summed E-state index contributed by atoms with van der Waals surface area (Å²) in [5, 5.41) is 0. The Balaban J connectivity index is 1.56. The lowest BCUT2D eigenvalue weighted by molar-refractivity contribution is -0.144. The maximum Gasteiger partial charge on any atom is 0.224 e. The van der Waals surface area contributed by atoms with Crippen LogP contribution < -0.4 is 0 Å². The minimum Gasteiger partial charge on any atom is -0.339 e. The second-order valence-electron chi connectivity index (χ2n) is 7.18. The minimum absolute atomic E-state index is 0.109. The molecule has 1 spiro atoms. The summed E-state index contributed by atoms with van der Waals surface area (Å²) in [6, 6.07) is 16.8. The Morgan fingerprint density at radius 3 is 2.12 bits per heavy atom. The fourth-order valence-electron chi connectivity index (χ4n) is 4.35. The van der Waals surface area contributed by atoms with E-state index in [1.807, 2.05) is 0 Å². The predicted octanol–water partition coefficient (Wildman–Crippen LogP) is 3.88. The first kappa shape index (κ1) is 15.3. The maximum absolute atomic E-state index is 6.68. The van der Waals surface area contributed by atoms with E-state index in [1.54, 1.807) is 0 Å². The predicted molar refractivity (Wildman–Crippen MR) is 99.1 cm³/mol. The van der Waals surface area contributed by atoms with Crippen molar-refractivity contribution >= 4 is 12.2 Å². The minimum atomic E-state index is -0.791. The molecule has 0 N–H and O–H groups in total. The first-order chi connectivity index (χ1) is 12.4. The Labute approximate surface area is 148 Å². The Kier molecular flexibility index (Phi) is 3.74. The molecule has 1 atom stereocenters. The van der Waals surface area contributed by atoms with Crippen molar-refractivity contribution in [3.63, 3.8) is 0 Å². The molecule has 3 heteroatoms. The van der Waals surface area contributed by atoms with Gasteiger partial charge < -0.3 is 14.4 Å². The molecular formula is C22H23NO2. The van der Waals surface area contributed by atoms with Crippen LogP contribution in [0.4, 0.5) is 0 Å².